The van der Waals surface area contributed by atoms with Crippen LogP contribution >= 0.6 is 23.2 Å². The maximum atomic E-state index is 12.1. The van der Waals surface area contributed by atoms with E-state index in [0.717, 1.165) is 0 Å². The van der Waals surface area contributed by atoms with Crippen molar-refractivity contribution in [3.05, 3.63) is 27.7 Å². The molecule has 1 aromatic heterocycles. The van der Waals surface area contributed by atoms with Gasteiger partial charge in [0.1, 0.15) is 0 Å². The average Bonchev–Trinajstić information content (AvgIpc) is 2.86. The number of carbonyl (C=O) groups is 1. The first-order chi connectivity index (χ1) is 10.0. The zero-order valence-electron chi connectivity index (χ0n) is 11.2. The van der Waals surface area contributed by atoms with Gasteiger partial charge in [0.25, 0.3) is 5.91 Å². The molecule has 0 atom stereocenters. The standard InChI is InChI=1S/C12H12Cl2N4O3/c1-3-21-12-16-11(17-18-12)15-10(19)6-4-7(13)9(20-2)8(14)5-6/h4-5H,3H2,1-2H3,(H2,15,16,17,18,19). The molecule has 0 radical (unpaired) electrons. The highest BCUT2D eigenvalue weighted by Crippen LogP contribution is 2.33. The van der Waals surface area contributed by atoms with Gasteiger partial charge in [-0.3, -0.25) is 10.1 Å². The van der Waals surface area contributed by atoms with Gasteiger partial charge in [0.2, 0.25) is 5.95 Å². The zero-order chi connectivity index (χ0) is 15.4. The number of hydrogen-bond acceptors (Lipinski definition) is 5. The van der Waals surface area contributed by atoms with E-state index >= 15 is 0 Å². The minimum Gasteiger partial charge on any atom is -0.494 e. The quantitative estimate of drug-likeness (QED) is 0.879. The van der Waals surface area contributed by atoms with Crippen LogP contribution in [-0.4, -0.2) is 34.8 Å². The van der Waals surface area contributed by atoms with Crippen LogP contribution in [0, 0.1) is 0 Å². The van der Waals surface area contributed by atoms with Gasteiger partial charge in [-0.05, 0) is 19.1 Å². The average molecular weight is 331 g/mol. The highest BCUT2D eigenvalue weighted by Gasteiger charge is 2.15. The fourth-order valence-electron chi connectivity index (χ4n) is 1.56. The monoisotopic (exact) mass is 330 g/mol. The first kappa shape index (κ1) is 15.4. The van der Waals surface area contributed by atoms with Crippen molar-refractivity contribution in [2.75, 3.05) is 19.0 Å². The molecule has 0 aliphatic rings. The largest absolute Gasteiger partial charge is 0.494 e. The Morgan fingerprint density at radius 3 is 2.62 bits per heavy atom. The summed E-state index contributed by atoms with van der Waals surface area (Å²) in [4.78, 5) is 16.0. The molecule has 0 spiro atoms. The summed E-state index contributed by atoms with van der Waals surface area (Å²) >= 11 is 12.0. The second-order valence-electron chi connectivity index (χ2n) is 3.83. The maximum absolute atomic E-state index is 12.1. The Balaban J connectivity index is 2.16. The van der Waals surface area contributed by atoms with E-state index in [1.165, 1.54) is 19.2 Å². The SMILES string of the molecule is CCOc1n[nH]c(NC(=O)c2cc(Cl)c(OC)c(Cl)c2)n1. The van der Waals surface area contributed by atoms with Gasteiger partial charge in [0.05, 0.1) is 23.8 Å². The molecule has 2 N–H and O–H groups in total. The molecule has 0 aliphatic heterocycles. The normalized spacial score (nSPS) is 10.3. The van der Waals surface area contributed by atoms with Crippen molar-refractivity contribution in [3.8, 4) is 11.8 Å². The lowest BCUT2D eigenvalue weighted by Gasteiger charge is -2.08. The van der Waals surface area contributed by atoms with Crippen molar-refractivity contribution < 1.29 is 14.3 Å². The fraction of sp³-hybridized carbons (Fsp3) is 0.250. The van der Waals surface area contributed by atoms with Crippen molar-refractivity contribution in [3.63, 3.8) is 0 Å². The van der Waals surface area contributed by atoms with Crippen LogP contribution < -0.4 is 14.8 Å². The lowest BCUT2D eigenvalue weighted by molar-refractivity contribution is 0.102. The Morgan fingerprint density at radius 1 is 1.38 bits per heavy atom. The van der Waals surface area contributed by atoms with Crippen molar-refractivity contribution in [1.82, 2.24) is 15.2 Å². The van der Waals surface area contributed by atoms with Gasteiger partial charge in [-0.15, -0.1) is 5.10 Å². The van der Waals surface area contributed by atoms with Gasteiger partial charge >= 0.3 is 6.01 Å². The summed E-state index contributed by atoms with van der Waals surface area (Å²) < 4.78 is 10.1. The number of rotatable bonds is 5. The molecular formula is C12H12Cl2N4O3. The summed E-state index contributed by atoms with van der Waals surface area (Å²) in [6.07, 6.45) is 0. The minimum atomic E-state index is -0.444. The van der Waals surface area contributed by atoms with Crippen molar-refractivity contribution in [2.24, 2.45) is 0 Å². The van der Waals surface area contributed by atoms with Gasteiger partial charge in [-0.1, -0.05) is 23.2 Å². The molecule has 112 valence electrons. The number of ether oxygens (including phenoxy) is 2. The Kier molecular flexibility index (Phi) is 4.87. The molecule has 1 amide bonds. The third-order valence-electron chi connectivity index (χ3n) is 2.43. The molecule has 7 nitrogen and oxygen atoms in total. The number of aromatic amines is 1. The van der Waals surface area contributed by atoms with Crippen LogP contribution in [0.1, 0.15) is 17.3 Å². The zero-order valence-corrected chi connectivity index (χ0v) is 12.7. The number of anilines is 1. The van der Waals surface area contributed by atoms with Crippen LogP contribution in [0.2, 0.25) is 10.0 Å². The summed E-state index contributed by atoms with van der Waals surface area (Å²) in [5, 5.41) is 9.30. The molecule has 2 aromatic rings. The van der Waals surface area contributed by atoms with Gasteiger partial charge < -0.3 is 9.47 Å². The van der Waals surface area contributed by atoms with E-state index in [4.69, 9.17) is 32.7 Å². The molecule has 0 unspecified atom stereocenters. The van der Waals surface area contributed by atoms with Crippen LogP contribution in [-0.2, 0) is 0 Å². The summed E-state index contributed by atoms with van der Waals surface area (Å²) in [7, 11) is 1.44. The number of halogens is 2. The highest BCUT2D eigenvalue weighted by molar-refractivity contribution is 6.37. The third-order valence-corrected chi connectivity index (χ3v) is 3.00. The summed E-state index contributed by atoms with van der Waals surface area (Å²) in [5.41, 5.74) is 0.264. The molecule has 0 fully saturated rings. The van der Waals surface area contributed by atoms with E-state index in [0.29, 0.717) is 12.4 Å². The van der Waals surface area contributed by atoms with E-state index in [2.05, 4.69) is 20.5 Å². The van der Waals surface area contributed by atoms with Gasteiger partial charge in [-0.2, -0.15) is 4.98 Å². The minimum absolute atomic E-state index is 0.151. The molecule has 2 rings (SSSR count). The van der Waals surface area contributed by atoms with E-state index in [-0.39, 0.29) is 27.6 Å². The van der Waals surface area contributed by atoms with Crippen LogP contribution in [0.3, 0.4) is 0 Å². The molecule has 0 bridgehead atoms. The van der Waals surface area contributed by atoms with E-state index in [1.807, 2.05) is 0 Å². The molecule has 0 aliphatic carbocycles. The number of carbonyl (C=O) groups excluding carboxylic acids is 1. The summed E-state index contributed by atoms with van der Waals surface area (Å²) in [6, 6.07) is 3.04. The Bertz CT molecular complexity index is 637. The number of amides is 1. The number of H-pyrrole nitrogens is 1. The predicted octanol–water partition coefficient (Wildman–Crippen LogP) is 2.77. The maximum Gasteiger partial charge on any atom is 0.337 e. The van der Waals surface area contributed by atoms with Gasteiger partial charge in [0.15, 0.2) is 5.75 Å². The summed E-state index contributed by atoms with van der Waals surface area (Å²) in [5.74, 6) is 0.0281. The Hall–Kier alpha value is -1.99. The first-order valence-corrected chi connectivity index (χ1v) is 6.70. The van der Waals surface area contributed by atoms with Crippen molar-refractivity contribution in [1.29, 1.82) is 0 Å². The van der Waals surface area contributed by atoms with E-state index in [1.54, 1.807) is 6.92 Å². The first-order valence-electron chi connectivity index (χ1n) is 5.94. The van der Waals surface area contributed by atoms with E-state index < -0.39 is 5.91 Å². The van der Waals surface area contributed by atoms with E-state index in [9.17, 15) is 4.79 Å². The number of benzene rings is 1. The highest BCUT2D eigenvalue weighted by atomic mass is 35.5. The molecule has 1 heterocycles. The number of aromatic nitrogens is 3. The molecule has 1 aromatic carbocycles. The van der Waals surface area contributed by atoms with Crippen LogP contribution in [0.5, 0.6) is 11.8 Å². The second kappa shape index (κ2) is 6.64. The van der Waals surface area contributed by atoms with Crippen molar-refractivity contribution in [2.45, 2.75) is 6.92 Å². The molecule has 9 heteroatoms. The van der Waals surface area contributed by atoms with Crippen LogP contribution in [0.15, 0.2) is 12.1 Å². The number of nitrogens with zero attached hydrogens (tertiary/aromatic N) is 2. The molecule has 0 saturated carbocycles. The smallest absolute Gasteiger partial charge is 0.337 e. The van der Waals surface area contributed by atoms with Crippen LogP contribution in [0.25, 0.3) is 0 Å². The number of methoxy groups -OCH3 is 1. The Morgan fingerprint density at radius 2 is 2.05 bits per heavy atom. The lowest BCUT2D eigenvalue weighted by atomic mass is 10.2. The van der Waals surface area contributed by atoms with Crippen molar-refractivity contribution >= 4 is 35.1 Å². The number of hydrogen-bond donors (Lipinski definition) is 2. The molecular weight excluding hydrogens is 319 g/mol. The summed E-state index contributed by atoms with van der Waals surface area (Å²) in [6.45, 7) is 2.23. The van der Waals surface area contributed by atoms with Gasteiger partial charge in [0, 0.05) is 5.56 Å². The number of nitrogens with one attached hydrogen (secondary N) is 2. The van der Waals surface area contributed by atoms with Gasteiger partial charge in [-0.25, -0.2) is 5.10 Å². The second-order valence-corrected chi connectivity index (χ2v) is 4.64. The molecule has 0 saturated heterocycles. The Labute approximate surface area is 130 Å². The predicted molar refractivity (Wildman–Crippen MR) is 78.5 cm³/mol. The topological polar surface area (TPSA) is 89.1 Å². The fourth-order valence-corrected chi connectivity index (χ4v) is 2.20. The third kappa shape index (κ3) is 3.56. The lowest BCUT2D eigenvalue weighted by Crippen LogP contribution is -2.13. The van der Waals surface area contributed by atoms with Crippen LogP contribution in [0.4, 0.5) is 5.95 Å². The molecule has 21 heavy (non-hydrogen) atoms.